The molecular weight excluding hydrogens is 264 g/mol. The minimum atomic E-state index is 0.164. The summed E-state index contributed by atoms with van der Waals surface area (Å²) in [6.07, 6.45) is 0. The molecule has 0 atom stereocenters. The van der Waals surface area contributed by atoms with Crippen LogP contribution in [0, 0.1) is 0 Å². The van der Waals surface area contributed by atoms with Crippen molar-refractivity contribution in [3.63, 3.8) is 0 Å². The van der Waals surface area contributed by atoms with E-state index in [-0.39, 0.29) is 12.5 Å². The Kier molecular flexibility index (Phi) is 11.1. The van der Waals surface area contributed by atoms with Crippen molar-refractivity contribution >= 4 is 5.90 Å². The smallest absolute Gasteiger partial charge is 0.433 e. The van der Waals surface area contributed by atoms with E-state index in [4.69, 9.17) is 24.5 Å². The van der Waals surface area contributed by atoms with Crippen LogP contribution in [-0.2, 0) is 18.9 Å². The summed E-state index contributed by atoms with van der Waals surface area (Å²) >= 11 is 0. The highest BCUT2D eigenvalue weighted by atomic mass is 16.5. The van der Waals surface area contributed by atoms with Gasteiger partial charge in [0, 0.05) is 26.2 Å². The van der Waals surface area contributed by atoms with Gasteiger partial charge < -0.3 is 35.1 Å². The summed E-state index contributed by atoms with van der Waals surface area (Å²) in [6, 6.07) is 0. The van der Waals surface area contributed by atoms with Gasteiger partial charge in [0.25, 0.3) is 0 Å². The number of hydrogen-bond acceptors (Lipinski definition) is 6. The number of rotatable bonds is 0. The van der Waals surface area contributed by atoms with Crippen LogP contribution in [0.3, 0.4) is 0 Å². The number of ether oxygens (including phenoxy) is 4. The first-order valence-electron chi connectivity index (χ1n) is 6.92. The van der Waals surface area contributed by atoms with Crippen LogP contribution in [0.2, 0.25) is 0 Å². The fourth-order valence-corrected chi connectivity index (χ4v) is 1.50. The molecule has 0 aromatic rings. The Morgan fingerprint density at radius 1 is 0.750 bits per heavy atom. The van der Waals surface area contributed by atoms with E-state index in [0.717, 1.165) is 13.1 Å². The predicted octanol–water partition coefficient (Wildman–Crippen LogP) is -1.13. The molecule has 0 spiro atoms. The van der Waals surface area contributed by atoms with Crippen molar-refractivity contribution in [2.75, 3.05) is 72.4 Å². The molecule has 1 fully saturated rings. The molecule has 0 unspecified atom stereocenters. The minimum Gasteiger partial charge on any atom is -0.433 e. The zero-order valence-corrected chi connectivity index (χ0v) is 11.8. The summed E-state index contributed by atoms with van der Waals surface area (Å²) in [4.78, 5) is 3.05. The first-order valence-corrected chi connectivity index (χ1v) is 6.92. The van der Waals surface area contributed by atoms with Gasteiger partial charge in [-0.05, 0) is 0 Å². The van der Waals surface area contributed by atoms with Gasteiger partial charge in [-0.1, -0.05) is 0 Å². The molecule has 0 saturated carbocycles. The highest BCUT2D eigenvalue weighted by Crippen LogP contribution is 1.83. The van der Waals surface area contributed by atoms with Gasteiger partial charge in [0.15, 0.2) is 6.61 Å². The van der Waals surface area contributed by atoms with E-state index in [1.54, 1.807) is 0 Å². The van der Waals surface area contributed by atoms with Gasteiger partial charge in [0.05, 0.1) is 33.0 Å². The summed E-state index contributed by atoms with van der Waals surface area (Å²) in [6.45, 7) is 6.46. The quantitative estimate of drug-likeness (QED) is 0.432. The second kappa shape index (κ2) is 13.0. The Bertz CT molecular complexity index is 265. The molecule has 1 heterocycles. The minimum absolute atomic E-state index is 0.164. The molecule has 0 aromatic carbocycles. The van der Waals surface area contributed by atoms with Gasteiger partial charge >= 0.3 is 5.90 Å². The second-order valence-electron chi connectivity index (χ2n) is 4.12. The molecule has 0 radical (unpaired) electrons. The van der Waals surface area contributed by atoms with E-state index in [2.05, 4.69) is 15.4 Å². The lowest BCUT2D eigenvalue weighted by atomic mass is 10.6. The highest BCUT2D eigenvalue weighted by molar-refractivity contribution is 5.71. The van der Waals surface area contributed by atoms with E-state index in [9.17, 15) is 0 Å². The standard InChI is InChI=1S/C12H24N4O4/c13-16-12-11-19-7-3-14-1-5-17-9-10-18-6-2-15-4-8-20-12/h14-15H,1-11H2. The van der Waals surface area contributed by atoms with Gasteiger partial charge in [-0.3, -0.25) is 0 Å². The molecule has 0 bridgehead atoms. The summed E-state index contributed by atoms with van der Waals surface area (Å²) in [5, 5.41) is 6.33. The molecular formula is C12H24N4O4. The van der Waals surface area contributed by atoms with Crippen molar-refractivity contribution in [1.82, 2.24) is 10.6 Å². The third-order valence-corrected chi connectivity index (χ3v) is 2.53. The summed E-state index contributed by atoms with van der Waals surface area (Å²) < 4.78 is 21.4. The van der Waals surface area contributed by atoms with E-state index in [0.29, 0.717) is 52.7 Å². The van der Waals surface area contributed by atoms with Crippen LogP contribution in [0.5, 0.6) is 0 Å². The molecule has 8 nitrogen and oxygen atoms in total. The van der Waals surface area contributed by atoms with Crippen LogP contribution < -0.4 is 10.6 Å². The average molecular weight is 288 g/mol. The molecule has 0 aliphatic carbocycles. The van der Waals surface area contributed by atoms with Crippen molar-refractivity contribution < 1.29 is 23.7 Å². The van der Waals surface area contributed by atoms with E-state index >= 15 is 0 Å². The Hall–Kier alpha value is -1.02. The van der Waals surface area contributed by atoms with Crippen molar-refractivity contribution in [2.45, 2.75) is 0 Å². The van der Waals surface area contributed by atoms with E-state index in [1.165, 1.54) is 0 Å². The largest absolute Gasteiger partial charge is 0.475 e. The summed E-state index contributed by atoms with van der Waals surface area (Å²) in [5.41, 5.74) is 8.76. The number of hydrogen-bond donors (Lipinski definition) is 2. The van der Waals surface area contributed by atoms with Gasteiger partial charge in [0.1, 0.15) is 6.61 Å². The average Bonchev–Trinajstić information content (AvgIpc) is 2.47. The van der Waals surface area contributed by atoms with Crippen molar-refractivity contribution in [3.05, 3.63) is 5.53 Å². The van der Waals surface area contributed by atoms with Crippen molar-refractivity contribution in [2.24, 2.45) is 0 Å². The van der Waals surface area contributed by atoms with Crippen LogP contribution in [0.4, 0.5) is 0 Å². The Labute approximate surface area is 119 Å². The SMILES string of the molecule is [N-]=[N+]=C1COCCNCCOCCOCCNCCO1. The third-order valence-electron chi connectivity index (χ3n) is 2.53. The maximum atomic E-state index is 8.76. The lowest BCUT2D eigenvalue weighted by Crippen LogP contribution is -2.28. The van der Waals surface area contributed by atoms with Crippen molar-refractivity contribution in [3.8, 4) is 0 Å². The fourth-order valence-electron chi connectivity index (χ4n) is 1.50. The molecule has 1 aliphatic heterocycles. The fraction of sp³-hybridized carbons (Fsp3) is 0.917. The second-order valence-corrected chi connectivity index (χ2v) is 4.12. The summed E-state index contributed by atoms with van der Waals surface area (Å²) in [5.74, 6) is 0.187. The topological polar surface area (TPSA) is 97.4 Å². The molecule has 116 valence electrons. The van der Waals surface area contributed by atoms with Crippen molar-refractivity contribution in [1.29, 1.82) is 0 Å². The molecule has 1 saturated heterocycles. The molecule has 0 aromatic heterocycles. The van der Waals surface area contributed by atoms with Gasteiger partial charge in [-0.15, -0.1) is 4.79 Å². The summed E-state index contributed by atoms with van der Waals surface area (Å²) in [7, 11) is 0. The zero-order valence-electron chi connectivity index (χ0n) is 11.8. The van der Waals surface area contributed by atoms with Crippen LogP contribution in [0.15, 0.2) is 0 Å². The van der Waals surface area contributed by atoms with Crippen LogP contribution in [-0.4, -0.2) is 83.1 Å². The first-order chi connectivity index (χ1) is 9.93. The maximum Gasteiger partial charge on any atom is 0.475 e. The third kappa shape index (κ3) is 9.85. The monoisotopic (exact) mass is 288 g/mol. The van der Waals surface area contributed by atoms with Crippen LogP contribution in [0.1, 0.15) is 0 Å². The van der Waals surface area contributed by atoms with E-state index in [1.807, 2.05) is 0 Å². The van der Waals surface area contributed by atoms with Gasteiger partial charge in [0.2, 0.25) is 0 Å². The Morgan fingerprint density at radius 2 is 1.30 bits per heavy atom. The lowest BCUT2D eigenvalue weighted by molar-refractivity contribution is -0.0546. The van der Waals surface area contributed by atoms with Crippen LogP contribution in [0.25, 0.3) is 5.53 Å². The van der Waals surface area contributed by atoms with Gasteiger partial charge in [-0.2, -0.15) is 0 Å². The Morgan fingerprint density at radius 3 is 1.90 bits per heavy atom. The van der Waals surface area contributed by atoms with Gasteiger partial charge in [-0.25, -0.2) is 0 Å². The molecule has 0 amide bonds. The number of nitrogens with zero attached hydrogens (tertiary/aromatic N) is 2. The Balaban J connectivity index is 2.19. The maximum absolute atomic E-state index is 8.76. The highest BCUT2D eigenvalue weighted by Gasteiger charge is 2.09. The molecule has 20 heavy (non-hydrogen) atoms. The van der Waals surface area contributed by atoms with E-state index < -0.39 is 0 Å². The normalized spacial score (nSPS) is 22.1. The first kappa shape index (κ1) is 17.0. The molecule has 1 aliphatic rings. The number of nitrogens with one attached hydrogen (secondary N) is 2. The molecule has 1 rings (SSSR count). The lowest BCUT2D eigenvalue weighted by Gasteiger charge is -2.09. The zero-order chi connectivity index (χ0) is 14.3. The van der Waals surface area contributed by atoms with Crippen LogP contribution >= 0.6 is 0 Å². The predicted molar refractivity (Wildman–Crippen MR) is 72.8 cm³/mol. The molecule has 8 heteroatoms. The molecule has 2 N–H and O–H groups in total.